The number of allylic oxidation sites excluding steroid dienone is 1. The van der Waals surface area contributed by atoms with Crippen molar-refractivity contribution in [1.29, 1.82) is 0 Å². The van der Waals surface area contributed by atoms with Gasteiger partial charge in [-0.2, -0.15) is 0 Å². The molecule has 2 aromatic rings. The second kappa shape index (κ2) is 4.61. The fourth-order valence-corrected chi connectivity index (χ4v) is 1.73. The van der Waals surface area contributed by atoms with Crippen molar-refractivity contribution in [1.82, 2.24) is 14.9 Å². The molecule has 16 heavy (non-hydrogen) atoms. The van der Waals surface area contributed by atoms with E-state index in [2.05, 4.69) is 16.9 Å². The molecule has 0 aliphatic heterocycles. The summed E-state index contributed by atoms with van der Waals surface area (Å²) in [6, 6.07) is 7.89. The molecule has 1 aromatic heterocycles. The highest BCUT2D eigenvalue weighted by atomic mass is 16.1. The lowest BCUT2D eigenvalue weighted by Gasteiger charge is -2.05. The van der Waals surface area contributed by atoms with Gasteiger partial charge in [-0.15, -0.1) is 6.58 Å². The molecule has 4 heteroatoms. The summed E-state index contributed by atoms with van der Waals surface area (Å²) in [5, 5.41) is 2.63. The van der Waals surface area contributed by atoms with E-state index in [1.54, 1.807) is 0 Å². The summed E-state index contributed by atoms with van der Waals surface area (Å²) in [5.41, 5.74) is 2.00. The van der Waals surface area contributed by atoms with Gasteiger partial charge in [-0.1, -0.05) is 18.2 Å². The van der Waals surface area contributed by atoms with Crippen LogP contribution in [-0.4, -0.2) is 16.0 Å². The largest absolute Gasteiger partial charge is 0.351 e. The zero-order chi connectivity index (χ0) is 11.4. The molecule has 0 fully saturated rings. The Morgan fingerprint density at radius 1 is 1.44 bits per heavy atom. The Hall–Kier alpha value is -2.10. The first-order valence-corrected chi connectivity index (χ1v) is 5.09. The minimum Gasteiger partial charge on any atom is -0.351 e. The molecule has 2 rings (SSSR count). The van der Waals surface area contributed by atoms with Crippen LogP contribution in [0.15, 0.2) is 36.9 Å². The zero-order valence-electron chi connectivity index (χ0n) is 8.89. The molecule has 0 aliphatic carbocycles. The second-order valence-corrected chi connectivity index (χ2v) is 3.41. The molecule has 0 saturated heterocycles. The van der Waals surface area contributed by atoms with E-state index in [0.29, 0.717) is 19.5 Å². The fraction of sp³-hybridized carbons (Fsp3) is 0.167. The number of aromatic nitrogens is 2. The van der Waals surface area contributed by atoms with E-state index in [9.17, 15) is 4.79 Å². The van der Waals surface area contributed by atoms with Crippen molar-refractivity contribution < 1.29 is 4.79 Å². The molecule has 1 amide bonds. The number of carbonyl (C=O) groups is 1. The molecule has 1 aromatic carbocycles. The third-order valence-corrected chi connectivity index (χ3v) is 2.39. The summed E-state index contributed by atoms with van der Waals surface area (Å²) in [5.74, 6) is 0.841. The summed E-state index contributed by atoms with van der Waals surface area (Å²) < 4.78 is 2.04. The second-order valence-electron chi connectivity index (χ2n) is 3.41. The molecule has 4 nitrogen and oxygen atoms in total. The molecule has 1 heterocycles. The van der Waals surface area contributed by atoms with Crippen molar-refractivity contribution in [3.05, 3.63) is 42.7 Å². The molecule has 1 N–H and O–H groups in total. The number of imidazole rings is 1. The molecular weight excluding hydrogens is 202 g/mol. The Morgan fingerprint density at radius 3 is 3.00 bits per heavy atom. The van der Waals surface area contributed by atoms with Gasteiger partial charge in [0.05, 0.1) is 17.6 Å². The maximum Gasteiger partial charge on any atom is 0.207 e. The number of fused-ring (bicyclic) bond motifs is 1. The predicted octanol–water partition coefficient (Wildman–Crippen LogP) is 1.47. The van der Waals surface area contributed by atoms with Crippen molar-refractivity contribution in [3.63, 3.8) is 0 Å². The number of carbonyl (C=O) groups excluding carboxylic acids is 1. The van der Waals surface area contributed by atoms with Gasteiger partial charge in [0.25, 0.3) is 0 Å². The van der Waals surface area contributed by atoms with Crippen molar-refractivity contribution in [2.24, 2.45) is 0 Å². The lowest BCUT2D eigenvalue weighted by atomic mass is 10.3. The summed E-state index contributed by atoms with van der Waals surface area (Å²) in [6.07, 6.45) is 2.50. The van der Waals surface area contributed by atoms with Crippen molar-refractivity contribution in [3.8, 4) is 0 Å². The number of para-hydroxylation sites is 2. The summed E-state index contributed by atoms with van der Waals surface area (Å²) >= 11 is 0. The first-order chi connectivity index (χ1) is 7.86. The van der Waals surface area contributed by atoms with Gasteiger partial charge in [-0.25, -0.2) is 4.98 Å². The molecule has 0 atom stereocenters. The molecule has 0 spiro atoms. The van der Waals surface area contributed by atoms with Crippen LogP contribution in [0.3, 0.4) is 0 Å². The smallest absolute Gasteiger partial charge is 0.207 e. The molecule has 82 valence electrons. The Balaban J connectivity index is 2.48. The SMILES string of the molecule is C=CCn1c(CNC=O)nc2ccccc21. The number of nitrogens with one attached hydrogen (secondary N) is 1. The highest BCUT2D eigenvalue weighted by molar-refractivity contribution is 5.76. The number of nitrogens with zero attached hydrogens (tertiary/aromatic N) is 2. The summed E-state index contributed by atoms with van der Waals surface area (Å²) in [4.78, 5) is 14.8. The molecule has 0 aliphatic rings. The molecule has 0 radical (unpaired) electrons. The number of hydrogen-bond donors (Lipinski definition) is 1. The Morgan fingerprint density at radius 2 is 2.25 bits per heavy atom. The molecule has 0 saturated carbocycles. The van der Waals surface area contributed by atoms with E-state index in [4.69, 9.17) is 0 Å². The first kappa shape index (κ1) is 10.4. The van der Waals surface area contributed by atoms with Gasteiger partial charge in [-0.05, 0) is 12.1 Å². The van der Waals surface area contributed by atoms with Crippen LogP contribution in [0.25, 0.3) is 11.0 Å². The van der Waals surface area contributed by atoms with E-state index in [1.807, 2.05) is 34.9 Å². The van der Waals surface area contributed by atoms with E-state index < -0.39 is 0 Å². The average molecular weight is 215 g/mol. The van der Waals surface area contributed by atoms with Gasteiger partial charge in [0, 0.05) is 6.54 Å². The summed E-state index contributed by atoms with van der Waals surface area (Å²) in [6.45, 7) is 4.85. The van der Waals surface area contributed by atoms with Crippen molar-refractivity contribution in [2.45, 2.75) is 13.1 Å². The van der Waals surface area contributed by atoms with Crippen LogP contribution < -0.4 is 5.32 Å². The van der Waals surface area contributed by atoms with Crippen LogP contribution in [0.2, 0.25) is 0 Å². The van der Waals surface area contributed by atoms with Crippen molar-refractivity contribution >= 4 is 17.4 Å². The third kappa shape index (κ3) is 1.82. The number of benzene rings is 1. The Labute approximate surface area is 93.6 Å². The lowest BCUT2D eigenvalue weighted by molar-refractivity contribution is -0.109. The Kier molecular flexibility index (Phi) is 3.00. The normalized spacial score (nSPS) is 10.2. The van der Waals surface area contributed by atoms with E-state index in [0.717, 1.165) is 16.9 Å². The fourth-order valence-electron chi connectivity index (χ4n) is 1.73. The van der Waals surface area contributed by atoms with Gasteiger partial charge in [0.1, 0.15) is 5.82 Å². The quantitative estimate of drug-likeness (QED) is 0.606. The minimum atomic E-state index is 0.437. The molecule has 0 bridgehead atoms. The van der Waals surface area contributed by atoms with Crippen molar-refractivity contribution in [2.75, 3.05) is 0 Å². The topological polar surface area (TPSA) is 46.9 Å². The van der Waals surface area contributed by atoms with Crippen LogP contribution in [0.1, 0.15) is 5.82 Å². The van der Waals surface area contributed by atoms with Gasteiger partial charge >= 0.3 is 0 Å². The molecule has 0 unspecified atom stereocenters. The van der Waals surface area contributed by atoms with E-state index >= 15 is 0 Å². The number of rotatable bonds is 5. The number of hydrogen-bond acceptors (Lipinski definition) is 2. The van der Waals surface area contributed by atoms with Crippen LogP contribution >= 0.6 is 0 Å². The highest BCUT2D eigenvalue weighted by Crippen LogP contribution is 2.15. The summed E-state index contributed by atoms with van der Waals surface area (Å²) in [7, 11) is 0. The van der Waals surface area contributed by atoms with Gasteiger partial charge in [0.2, 0.25) is 6.41 Å². The Bertz CT molecular complexity index is 516. The van der Waals surface area contributed by atoms with Gasteiger partial charge < -0.3 is 9.88 Å². The third-order valence-electron chi connectivity index (χ3n) is 2.39. The minimum absolute atomic E-state index is 0.437. The van der Waals surface area contributed by atoms with Gasteiger partial charge in [-0.3, -0.25) is 4.79 Å². The van der Waals surface area contributed by atoms with Gasteiger partial charge in [0.15, 0.2) is 0 Å². The average Bonchev–Trinajstić information content (AvgIpc) is 2.66. The van der Waals surface area contributed by atoms with Crippen LogP contribution in [-0.2, 0) is 17.9 Å². The lowest BCUT2D eigenvalue weighted by Crippen LogP contribution is -2.14. The standard InChI is InChI=1S/C12H13N3O/c1-2-7-15-11-6-4-3-5-10(11)14-12(15)8-13-9-16/h2-6,9H,1,7-8H2,(H,13,16). The van der Waals surface area contributed by atoms with E-state index in [1.165, 1.54) is 0 Å². The maximum absolute atomic E-state index is 10.3. The highest BCUT2D eigenvalue weighted by Gasteiger charge is 2.07. The predicted molar refractivity (Wildman–Crippen MR) is 62.8 cm³/mol. The monoisotopic (exact) mass is 215 g/mol. The zero-order valence-corrected chi connectivity index (χ0v) is 8.89. The van der Waals surface area contributed by atoms with Crippen LogP contribution in [0.5, 0.6) is 0 Å². The maximum atomic E-state index is 10.3. The first-order valence-electron chi connectivity index (χ1n) is 5.09. The van der Waals surface area contributed by atoms with E-state index in [-0.39, 0.29) is 0 Å². The number of amides is 1. The van der Waals surface area contributed by atoms with Crippen LogP contribution in [0, 0.1) is 0 Å². The van der Waals surface area contributed by atoms with Crippen LogP contribution in [0.4, 0.5) is 0 Å². The molecular formula is C12H13N3O.